The number of halogens is 2. The summed E-state index contributed by atoms with van der Waals surface area (Å²) in [6.45, 7) is 4.92. The molecule has 1 aromatic heterocycles. The zero-order valence-electron chi connectivity index (χ0n) is 11.6. The Hall–Kier alpha value is -1.68. The molecule has 0 radical (unpaired) electrons. The van der Waals surface area contributed by atoms with Crippen LogP contribution in [0.5, 0.6) is 0 Å². The number of anilines is 1. The van der Waals surface area contributed by atoms with Gasteiger partial charge >= 0.3 is 0 Å². The monoisotopic (exact) mass is 293 g/mol. The Labute approximate surface area is 123 Å². The van der Waals surface area contributed by atoms with Crippen LogP contribution in [0.15, 0.2) is 24.5 Å². The third-order valence-electron chi connectivity index (χ3n) is 3.03. The summed E-state index contributed by atoms with van der Waals surface area (Å²) in [6.07, 6.45) is 3.18. The predicted molar refractivity (Wildman–Crippen MR) is 80.6 cm³/mol. The summed E-state index contributed by atoms with van der Waals surface area (Å²) in [7, 11) is 0. The Kier molecular flexibility index (Phi) is 4.90. The summed E-state index contributed by atoms with van der Waals surface area (Å²) in [4.78, 5) is 8.49. The van der Waals surface area contributed by atoms with E-state index in [2.05, 4.69) is 22.2 Å². The van der Waals surface area contributed by atoms with Crippen molar-refractivity contribution < 1.29 is 4.39 Å². The van der Waals surface area contributed by atoms with Crippen molar-refractivity contribution in [2.24, 2.45) is 0 Å². The molecule has 2 rings (SSSR count). The van der Waals surface area contributed by atoms with Crippen molar-refractivity contribution in [1.29, 1.82) is 0 Å². The highest BCUT2D eigenvalue weighted by Crippen LogP contribution is 2.29. The van der Waals surface area contributed by atoms with Crippen molar-refractivity contribution in [2.45, 2.75) is 26.7 Å². The van der Waals surface area contributed by atoms with Gasteiger partial charge in [-0.05, 0) is 31.0 Å². The molecule has 1 N–H and O–H groups in total. The zero-order chi connectivity index (χ0) is 14.5. The molecular weight excluding hydrogens is 277 g/mol. The molecule has 0 unspecified atom stereocenters. The summed E-state index contributed by atoms with van der Waals surface area (Å²) in [5, 5.41) is 3.63. The van der Waals surface area contributed by atoms with E-state index in [-0.39, 0.29) is 5.82 Å². The fourth-order valence-electron chi connectivity index (χ4n) is 2.06. The molecule has 1 heterocycles. The van der Waals surface area contributed by atoms with Gasteiger partial charge in [-0.3, -0.25) is 0 Å². The number of nitrogens with zero attached hydrogens (tertiary/aromatic N) is 2. The first-order chi connectivity index (χ1) is 9.67. The quantitative estimate of drug-likeness (QED) is 0.892. The standard InChI is InChI=1S/C15H17ClFN3/c1-3-7-18-15-11(4-2)14(19-9-20-15)12-6-5-10(16)8-13(12)17/h5-6,8-9H,3-4,7H2,1-2H3,(H,18,19,20). The lowest BCUT2D eigenvalue weighted by atomic mass is 10.0. The highest BCUT2D eigenvalue weighted by Gasteiger charge is 2.14. The zero-order valence-corrected chi connectivity index (χ0v) is 12.3. The number of hydrogen-bond acceptors (Lipinski definition) is 3. The molecule has 0 bridgehead atoms. The molecule has 5 heteroatoms. The average molecular weight is 294 g/mol. The lowest BCUT2D eigenvalue weighted by Crippen LogP contribution is -2.07. The number of hydrogen-bond donors (Lipinski definition) is 1. The van der Waals surface area contributed by atoms with Crippen molar-refractivity contribution in [3.8, 4) is 11.3 Å². The number of benzene rings is 1. The topological polar surface area (TPSA) is 37.8 Å². The number of aromatic nitrogens is 2. The summed E-state index contributed by atoms with van der Waals surface area (Å²) < 4.78 is 14.1. The minimum Gasteiger partial charge on any atom is -0.370 e. The second-order valence-electron chi connectivity index (χ2n) is 4.45. The van der Waals surface area contributed by atoms with E-state index in [1.807, 2.05) is 6.92 Å². The number of nitrogens with one attached hydrogen (secondary N) is 1. The highest BCUT2D eigenvalue weighted by atomic mass is 35.5. The Morgan fingerprint density at radius 1 is 1.25 bits per heavy atom. The molecule has 0 aliphatic carbocycles. The van der Waals surface area contributed by atoms with E-state index < -0.39 is 0 Å². The normalized spacial score (nSPS) is 10.6. The minimum atomic E-state index is -0.368. The van der Waals surface area contributed by atoms with Crippen LogP contribution in [0.1, 0.15) is 25.8 Å². The molecule has 0 saturated heterocycles. The van der Waals surface area contributed by atoms with Crippen molar-refractivity contribution >= 4 is 17.4 Å². The molecular formula is C15H17ClFN3. The van der Waals surface area contributed by atoms with Crippen molar-refractivity contribution in [1.82, 2.24) is 9.97 Å². The fourth-order valence-corrected chi connectivity index (χ4v) is 2.22. The van der Waals surface area contributed by atoms with Gasteiger partial charge in [-0.1, -0.05) is 25.4 Å². The van der Waals surface area contributed by atoms with Gasteiger partial charge in [-0.25, -0.2) is 14.4 Å². The predicted octanol–water partition coefficient (Wildman–Crippen LogP) is 4.32. The van der Waals surface area contributed by atoms with Crippen LogP contribution < -0.4 is 5.32 Å². The first-order valence-electron chi connectivity index (χ1n) is 6.70. The van der Waals surface area contributed by atoms with Crippen LogP contribution in [-0.4, -0.2) is 16.5 Å². The second-order valence-corrected chi connectivity index (χ2v) is 4.89. The van der Waals surface area contributed by atoms with E-state index in [0.29, 0.717) is 16.3 Å². The van der Waals surface area contributed by atoms with E-state index >= 15 is 0 Å². The van der Waals surface area contributed by atoms with Gasteiger partial charge in [0.2, 0.25) is 0 Å². The SMILES string of the molecule is CCCNc1ncnc(-c2ccc(Cl)cc2F)c1CC. The summed E-state index contributed by atoms with van der Waals surface area (Å²) >= 11 is 5.79. The molecule has 20 heavy (non-hydrogen) atoms. The van der Waals surface area contributed by atoms with E-state index in [4.69, 9.17) is 11.6 Å². The molecule has 0 fully saturated rings. The van der Waals surface area contributed by atoms with E-state index in [9.17, 15) is 4.39 Å². The van der Waals surface area contributed by atoms with Gasteiger partial charge in [0.15, 0.2) is 0 Å². The summed E-state index contributed by atoms with van der Waals surface area (Å²) in [5.41, 5.74) is 1.99. The van der Waals surface area contributed by atoms with Crippen LogP contribution in [0.2, 0.25) is 5.02 Å². The van der Waals surface area contributed by atoms with Gasteiger partial charge < -0.3 is 5.32 Å². The van der Waals surface area contributed by atoms with Gasteiger partial charge in [0.1, 0.15) is 18.0 Å². The maximum absolute atomic E-state index is 14.1. The van der Waals surface area contributed by atoms with E-state index in [0.717, 1.165) is 30.8 Å². The van der Waals surface area contributed by atoms with Crippen molar-refractivity contribution in [3.63, 3.8) is 0 Å². The highest BCUT2D eigenvalue weighted by molar-refractivity contribution is 6.30. The first kappa shape index (κ1) is 14.7. The van der Waals surface area contributed by atoms with Gasteiger partial charge in [-0.15, -0.1) is 0 Å². The molecule has 0 saturated carbocycles. The minimum absolute atomic E-state index is 0.368. The van der Waals surface area contributed by atoms with Crippen molar-refractivity contribution in [3.05, 3.63) is 40.9 Å². The molecule has 0 aliphatic rings. The second kappa shape index (κ2) is 6.66. The third kappa shape index (κ3) is 3.07. The lowest BCUT2D eigenvalue weighted by Gasteiger charge is -2.13. The summed E-state index contributed by atoms with van der Waals surface area (Å²) in [6, 6.07) is 4.63. The maximum atomic E-state index is 14.1. The van der Waals surface area contributed by atoms with Gasteiger partial charge in [0.05, 0.1) is 5.69 Å². The van der Waals surface area contributed by atoms with Gasteiger partial charge in [-0.2, -0.15) is 0 Å². The van der Waals surface area contributed by atoms with Crippen LogP contribution in [0.3, 0.4) is 0 Å². The molecule has 0 spiro atoms. The average Bonchev–Trinajstić information content (AvgIpc) is 2.44. The van der Waals surface area contributed by atoms with Crippen LogP contribution in [0.4, 0.5) is 10.2 Å². The molecule has 2 aromatic rings. The maximum Gasteiger partial charge on any atom is 0.134 e. The van der Waals surface area contributed by atoms with Crippen molar-refractivity contribution in [2.75, 3.05) is 11.9 Å². The smallest absolute Gasteiger partial charge is 0.134 e. The number of rotatable bonds is 5. The van der Waals surface area contributed by atoms with Gasteiger partial charge in [0, 0.05) is 22.7 Å². The van der Waals surface area contributed by atoms with Crippen LogP contribution >= 0.6 is 11.6 Å². The molecule has 106 valence electrons. The largest absolute Gasteiger partial charge is 0.370 e. The molecule has 0 aliphatic heterocycles. The van der Waals surface area contributed by atoms with Crippen LogP contribution in [0.25, 0.3) is 11.3 Å². The Morgan fingerprint density at radius 2 is 2.05 bits per heavy atom. The third-order valence-corrected chi connectivity index (χ3v) is 3.26. The fraction of sp³-hybridized carbons (Fsp3) is 0.333. The first-order valence-corrected chi connectivity index (χ1v) is 7.08. The van der Waals surface area contributed by atoms with E-state index in [1.165, 1.54) is 12.4 Å². The Morgan fingerprint density at radius 3 is 2.70 bits per heavy atom. The van der Waals surface area contributed by atoms with E-state index in [1.54, 1.807) is 12.1 Å². The summed E-state index contributed by atoms with van der Waals surface area (Å²) in [5.74, 6) is 0.404. The van der Waals surface area contributed by atoms with Crippen LogP contribution in [0, 0.1) is 5.82 Å². The lowest BCUT2D eigenvalue weighted by molar-refractivity contribution is 0.630. The van der Waals surface area contributed by atoms with Gasteiger partial charge in [0.25, 0.3) is 0 Å². The molecule has 1 aromatic carbocycles. The van der Waals surface area contributed by atoms with Crippen LogP contribution in [-0.2, 0) is 6.42 Å². The molecule has 0 amide bonds. The Bertz CT molecular complexity index is 602. The molecule has 3 nitrogen and oxygen atoms in total. The Balaban J connectivity index is 2.50. The molecule has 0 atom stereocenters.